The molecule has 0 bridgehead atoms. The molecule has 6 nitrogen and oxygen atoms in total. The molecule has 1 amide bonds. The van der Waals surface area contributed by atoms with Gasteiger partial charge in [-0.15, -0.1) is 0 Å². The van der Waals surface area contributed by atoms with Crippen molar-refractivity contribution in [3.63, 3.8) is 0 Å². The van der Waals surface area contributed by atoms with Crippen LogP contribution in [0.4, 0.5) is 5.82 Å². The first-order valence-electron chi connectivity index (χ1n) is 10.1. The number of benzene rings is 2. The Hall–Kier alpha value is -3.38. The lowest BCUT2D eigenvalue weighted by Gasteiger charge is -2.34. The molecule has 2 N–H and O–H groups in total. The number of carbonyl (C=O) groups excluding carboxylic acids is 1. The summed E-state index contributed by atoms with van der Waals surface area (Å²) in [6.07, 6.45) is 1.65. The SMILES string of the molecule is COc1ccc(CNC(=O)c2ccc(N3CCNC(c4ccccc4)C3)nc2)cc1. The molecule has 0 radical (unpaired) electrons. The summed E-state index contributed by atoms with van der Waals surface area (Å²) >= 11 is 0. The first kappa shape index (κ1) is 19.9. The van der Waals surface area contributed by atoms with E-state index in [2.05, 4.69) is 44.8 Å². The molecule has 1 atom stereocenters. The summed E-state index contributed by atoms with van der Waals surface area (Å²) < 4.78 is 5.15. The van der Waals surface area contributed by atoms with Crippen LogP contribution in [0.25, 0.3) is 0 Å². The monoisotopic (exact) mass is 402 g/mol. The Labute approximate surface area is 176 Å². The van der Waals surface area contributed by atoms with Gasteiger partial charge in [0.1, 0.15) is 11.6 Å². The Morgan fingerprint density at radius 2 is 1.93 bits per heavy atom. The number of hydrogen-bond donors (Lipinski definition) is 2. The van der Waals surface area contributed by atoms with E-state index in [0.29, 0.717) is 12.1 Å². The lowest BCUT2D eigenvalue weighted by Crippen LogP contribution is -2.46. The van der Waals surface area contributed by atoms with Gasteiger partial charge in [0.25, 0.3) is 5.91 Å². The maximum absolute atomic E-state index is 12.5. The van der Waals surface area contributed by atoms with Crippen LogP contribution in [-0.2, 0) is 6.54 Å². The number of nitrogens with one attached hydrogen (secondary N) is 2. The number of pyridine rings is 1. The fourth-order valence-corrected chi connectivity index (χ4v) is 3.60. The average molecular weight is 402 g/mol. The van der Waals surface area contributed by atoms with E-state index in [4.69, 9.17) is 4.74 Å². The fraction of sp³-hybridized carbons (Fsp3) is 0.250. The van der Waals surface area contributed by atoms with E-state index < -0.39 is 0 Å². The molecule has 1 aliphatic heterocycles. The zero-order chi connectivity index (χ0) is 20.8. The van der Waals surface area contributed by atoms with E-state index in [-0.39, 0.29) is 11.9 Å². The molecule has 3 aromatic rings. The van der Waals surface area contributed by atoms with Crippen LogP contribution in [0.5, 0.6) is 5.75 Å². The molecule has 1 fully saturated rings. The predicted octanol–water partition coefficient (Wildman–Crippen LogP) is 3.17. The van der Waals surface area contributed by atoms with E-state index in [9.17, 15) is 4.79 Å². The third kappa shape index (κ3) is 4.78. The van der Waals surface area contributed by atoms with Crippen molar-refractivity contribution in [2.75, 3.05) is 31.6 Å². The molecule has 0 spiro atoms. The summed E-state index contributed by atoms with van der Waals surface area (Å²) in [4.78, 5) is 19.3. The van der Waals surface area contributed by atoms with Crippen LogP contribution in [0.2, 0.25) is 0 Å². The second-order valence-electron chi connectivity index (χ2n) is 7.30. The molecule has 0 saturated carbocycles. The number of anilines is 1. The maximum atomic E-state index is 12.5. The van der Waals surface area contributed by atoms with Gasteiger partial charge in [0, 0.05) is 38.4 Å². The average Bonchev–Trinajstić information content (AvgIpc) is 2.83. The first-order chi connectivity index (χ1) is 14.7. The van der Waals surface area contributed by atoms with Gasteiger partial charge in [0.15, 0.2) is 0 Å². The fourth-order valence-electron chi connectivity index (χ4n) is 3.60. The molecule has 1 aliphatic rings. The second-order valence-corrected chi connectivity index (χ2v) is 7.30. The van der Waals surface area contributed by atoms with E-state index in [1.807, 2.05) is 42.5 Å². The van der Waals surface area contributed by atoms with Crippen LogP contribution >= 0.6 is 0 Å². The van der Waals surface area contributed by atoms with Crippen molar-refractivity contribution in [2.45, 2.75) is 12.6 Å². The van der Waals surface area contributed by atoms with Gasteiger partial charge in [0.2, 0.25) is 0 Å². The Morgan fingerprint density at radius 3 is 2.63 bits per heavy atom. The maximum Gasteiger partial charge on any atom is 0.253 e. The quantitative estimate of drug-likeness (QED) is 0.663. The van der Waals surface area contributed by atoms with Crippen LogP contribution < -0.4 is 20.3 Å². The summed E-state index contributed by atoms with van der Waals surface area (Å²) in [5, 5.41) is 6.50. The van der Waals surface area contributed by atoms with E-state index in [1.165, 1.54) is 5.56 Å². The third-order valence-corrected chi connectivity index (χ3v) is 5.32. The molecule has 1 saturated heterocycles. The van der Waals surface area contributed by atoms with Crippen molar-refractivity contribution in [3.8, 4) is 5.75 Å². The number of nitrogens with zero attached hydrogens (tertiary/aromatic N) is 2. The molecular formula is C24H26N4O2. The number of amides is 1. The molecule has 1 unspecified atom stereocenters. The highest BCUT2D eigenvalue weighted by atomic mass is 16.5. The van der Waals surface area contributed by atoms with Gasteiger partial charge < -0.3 is 20.3 Å². The highest BCUT2D eigenvalue weighted by molar-refractivity contribution is 5.94. The summed E-state index contributed by atoms with van der Waals surface area (Å²) in [5.74, 6) is 1.56. The largest absolute Gasteiger partial charge is 0.497 e. The Bertz CT molecular complexity index is 959. The van der Waals surface area contributed by atoms with Gasteiger partial charge in [-0.25, -0.2) is 4.98 Å². The van der Waals surface area contributed by atoms with Crippen LogP contribution in [0.15, 0.2) is 72.9 Å². The zero-order valence-corrected chi connectivity index (χ0v) is 17.0. The normalized spacial score (nSPS) is 16.2. The number of hydrogen-bond acceptors (Lipinski definition) is 5. The number of rotatable bonds is 6. The molecule has 1 aromatic heterocycles. The van der Waals surface area contributed by atoms with E-state index in [0.717, 1.165) is 36.8 Å². The molecule has 2 aromatic carbocycles. The Balaban J connectivity index is 1.35. The van der Waals surface area contributed by atoms with Crippen molar-refractivity contribution in [3.05, 3.63) is 89.6 Å². The van der Waals surface area contributed by atoms with Gasteiger partial charge in [-0.3, -0.25) is 4.79 Å². The van der Waals surface area contributed by atoms with Crippen LogP contribution in [0.3, 0.4) is 0 Å². The van der Waals surface area contributed by atoms with Gasteiger partial charge in [-0.1, -0.05) is 42.5 Å². The molecule has 154 valence electrons. The summed E-state index contributed by atoms with van der Waals surface area (Å²) in [6.45, 7) is 3.09. The molecule has 4 rings (SSSR count). The van der Waals surface area contributed by atoms with Crippen molar-refractivity contribution in [1.29, 1.82) is 0 Å². The van der Waals surface area contributed by atoms with E-state index >= 15 is 0 Å². The molecule has 30 heavy (non-hydrogen) atoms. The molecular weight excluding hydrogens is 376 g/mol. The van der Waals surface area contributed by atoms with Crippen LogP contribution in [0.1, 0.15) is 27.5 Å². The number of aromatic nitrogens is 1. The minimum Gasteiger partial charge on any atom is -0.497 e. The summed E-state index contributed by atoms with van der Waals surface area (Å²) in [7, 11) is 1.63. The van der Waals surface area contributed by atoms with E-state index in [1.54, 1.807) is 13.3 Å². The number of ether oxygens (including phenoxy) is 1. The lowest BCUT2D eigenvalue weighted by atomic mass is 10.0. The molecule has 0 aliphatic carbocycles. The number of carbonyl (C=O) groups is 1. The minimum atomic E-state index is -0.132. The smallest absolute Gasteiger partial charge is 0.253 e. The summed E-state index contributed by atoms with van der Waals surface area (Å²) in [6, 6.07) is 22.1. The van der Waals surface area contributed by atoms with Gasteiger partial charge in [-0.2, -0.15) is 0 Å². The predicted molar refractivity (Wildman–Crippen MR) is 118 cm³/mol. The molecule has 6 heteroatoms. The second kappa shape index (κ2) is 9.41. The van der Waals surface area contributed by atoms with Crippen LogP contribution in [0, 0.1) is 0 Å². The van der Waals surface area contributed by atoms with Crippen molar-refractivity contribution in [2.24, 2.45) is 0 Å². The van der Waals surface area contributed by atoms with Crippen molar-refractivity contribution < 1.29 is 9.53 Å². The topological polar surface area (TPSA) is 66.5 Å². The Morgan fingerprint density at radius 1 is 1.13 bits per heavy atom. The first-order valence-corrected chi connectivity index (χ1v) is 10.1. The highest BCUT2D eigenvalue weighted by Crippen LogP contribution is 2.21. The minimum absolute atomic E-state index is 0.132. The van der Waals surface area contributed by atoms with Gasteiger partial charge >= 0.3 is 0 Å². The molecule has 2 heterocycles. The van der Waals surface area contributed by atoms with Crippen LogP contribution in [-0.4, -0.2) is 37.6 Å². The van der Waals surface area contributed by atoms with Crippen molar-refractivity contribution >= 4 is 11.7 Å². The zero-order valence-electron chi connectivity index (χ0n) is 17.0. The Kier molecular flexibility index (Phi) is 6.25. The van der Waals surface area contributed by atoms with Gasteiger partial charge in [-0.05, 0) is 35.4 Å². The standard InChI is InChI=1S/C24H26N4O2/c1-30-21-10-7-18(8-11-21)15-27-24(29)20-9-12-23(26-16-20)28-14-13-25-22(17-28)19-5-3-2-4-6-19/h2-12,16,22,25H,13-15,17H2,1H3,(H,27,29). The number of piperazine rings is 1. The highest BCUT2D eigenvalue weighted by Gasteiger charge is 2.21. The number of methoxy groups -OCH3 is 1. The third-order valence-electron chi connectivity index (χ3n) is 5.32. The van der Waals surface area contributed by atoms with Gasteiger partial charge in [0.05, 0.1) is 12.7 Å². The summed E-state index contributed by atoms with van der Waals surface area (Å²) in [5.41, 5.74) is 2.85. The lowest BCUT2D eigenvalue weighted by molar-refractivity contribution is 0.0950. The van der Waals surface area contributed by atoms with Crippen molar-refractivity contribution in [1.82, 2.24) is 15.6 Å².